The first-order chi connectivity index (χ1) is 8.31. The van der Waals surface area contributed by atoms with Gasteiger partial charge in [-0.1, -0.05) is 18.2 Å². The number of pyridine rings is 1. The van der Waals surface area contributed by atoms with Gasteiger partial charge in [0, 0.05) is 11.8 Å². The van der Waals surface area contributed by atoms with Gasteiger partial charge >= 0.3 is 0 Å². The number of benzene rings is 1. The standard InChI is InChI=1S/C13H9N3O/c14-9-11-7-4-8-15-12(11)16-13(17)10-5-2-1-3-6-10/h1-8H,(H,15,16,17). The molecular weight excluding hydrogens is 214 g/mol. The Morgan fingerprint density at radius 3 is 2.65 bits per heavy atom. The maximum Gasteiger partial charge on any atom is 0.256 e. The third kappa shape index (κ3) is 2.47. The van der Waals surface area contributed by atoms with Crippen molar-refractivity contribution in [1.29, 1.82) is 5.26 Å². The summed E-state index contributed by atoms with van der Waals surface area (Å²) < 4.78 is 0. The minimum absolute atomic E-state index is 0.277. The number of nitrogens with one attached hydrogen (secondary N) is 1. The van der Waals surface area contributed by atoms with Gasteiger partial charge in [-0.3, -0.25) is 4.79 Å². The van der Waals surface area contributed by atoms with Gasteiger partial charge in [0.15, 0.2) is 5.82 Å². The van der Waals surface area contributed by atoms with Crippen LogP contribution in [0.2, 0.25) is 0 Å². The molecular formula is C13H9N3O. The first kappa shape index (κ1) is 10.8. The lowest BCUT2D eigenvalue weighted by molar-refractivity contribution is 0.102. The maximum atomic E-state index is 11.8. The van der Waals surface area contributed by atoms with Crippen molar-refractivity contribution in [3.63, 3.8) is 0 Å². The second kappa shape index (κ2) is 4.90. The van der Waals surface area contributed by atoms with E-state index in [2.05, 4.69) is 10.3 Å². The Labute approximate surface area is 98.5 Å². The van der Waals surface area contributed by atoms with Gasteiger partial charge < -0.3 is 5.32 Å². The molecule has 0 aliphatic carbocycles. The molecule has 1 N–H and O–H groups in total. The number of carbonyl (C=O) groups is 1. The number of rotatable bonds is 2. The normalized spacial score (nSPS) is 9.35. The van der Waals surface area contributed by atoms with E-state index < -0.39 is 0 Å². The monoisotopic (exact) mass is 223 g/mol. The highest BCUT2D eigenvalue weighted by Gasteiger charge is 2.08. The van der Waals surface area contributed by atoms with E-state index in [-0.39, 0.29) is 11.7 Å². The highest BCUT2D eigenvalue weighted by Crippen LogP contribution is 2.11. The molecule has 82 valence electrons. The topological polar surface area (TPSA) is 65.8 Å². The summed E-state index contributed by atoms with van der Waals surface area (Å²) in [5.74, 6) is 0.00431. The fourth-order valence-electron chi connectivity index (χ4n) is 1.36. The Morgan fingerprint density at radius 2 is 1.94 bits per heavy atom. The van der Waals surface area contributed by atoms with E-state index in [1.807, 2.05) is 12.1 Å². The van der Waals surface area contributed by atoms with Crippen LogP contribution in [0.25, 0.3) is 0 Å². The van der Waals surface area contributed by atoms with E-state index in [1.165, 1.54) is 6.20 Å². The molecule has 0 atom stereocenters. The van der Waals surface area contributed by atoms with Gasteiger partial charge in [-0.2, -0.15) is 5.26 Å². The van der Waals surface area contributed by atoms with Crippen molar-refractivity contribution in [3.8, 4) is 6.07 Å². The maximum absolute atomic E-state index is 11.8. The number of aromatic nitrogens is 1. The molecule has 1 heterocycles. The van der Waals surface area contributed by atoms with Crippen LogP contribution in [0.15, 0.2) is 48.7 Å². The Kier molecular flexibility index (Phi) is 3.13. The molecule has 0 saturated carbocycles. The highest BCUT2D eigenvalue weighted by molar-refractivity contribution is 6.04. The molecule has 0 radical (unpaired) electrons. The van der Waals surface area contributed by atoms with Crippen LogP contribution in [0.4, 0.5) is 5.82 Å². The molecule has 0 aliphatic rings. The van der Waals surface area contributed by atoms with Crippen molar-refractivity contribution in [2.75, 3.05) is 5.32 Å². The molecule has 17 heavy (non-hydrogen) atoms. The minimum atomic E-state index is -0.277. The Morgan fingerprint density at radius 1 is 1.18 bits per heavy atom. The largest absolute Gasteiger partial charge is 0.305 e. The molecule has 0 unspecified atom stereocenters. The summed E-state index contributed by atoms with van der Waals surface area (Å²) >= 11 is 0. The van der Waals surface area contributed by atoms with E-state index in [1.54, 1.807) is 36.4 Å². The number of amides is 1. The van der Waals surface area contributed by atoms with Crippen LogP contribution in [0, 0.1) is 11.3 Å². The molecule has 2 rings (SSSR count). The number of nitriles is 1. The number of hydrogen-bond acceptors (Lipinski definition) is 3. The second-order valence-corrected chi connectivity index (χ2v) is 3.33. The highest BCUT2D eigenvalue weighted by atomic mass is 16.1. The molecule has 0 aliphatic heterocycles. The quantitative estimate of drug-likeness (QED) is 0.848. The molecule has 0 spiro atoms. The lowest BCUT2D eigenvalue weighted by atomic mass is 10.2. The number of anilines is 1. The van der Waals surface area contributed by atoms with Crippen molar-refractivity contribution in [3.05, 3.63) is 59.8 Å². The van der Waals surface area contributed by atoms with Crippen LogP contribution in [0.5, 0.6) is 0 Å². The smallest absolute Gasteiger partial charge is 0.256 e. The predicted molar refractivity (Wildman–Crippen MR) is 63.3 cm³/mol. The zero-order chi connectivity index (χ0) is 12.1. The molecule has 1 aromatic heterocycles. The lowest BCUT2D eigenvalue weighted by Gasteiger charge is -2.05. The summed E-state index contributed by atoms with van der Waals surface area (Å²) in [7, 11) is 0. The fraction of sp³-hybridized carbons (Fsp3) is 0. The van der Waals surface area contributed by atoms with E-state index in [9.17, 15) is 4.79 Å². The average molecular weight is 223 g/mol. The van der Waals surface area contributed by atoms with E-state index in [4.69, 9.17) is 5.26 Å². The first-order valence-electron chi connectivity index (χ1n) is 5.03. The first-order valence-corrected chi connectivity index (χ1v) is 5.03. The van der Waals surface area contributed by atoms with E-state index in [0.717, 1.165) is 0 Å². The average Bonchev–Trinajstić information content (AvgIpc) is 2.40. The summed E-state index contributed by atoms with van der Waals surface area (Å²) in [6.45, 7) is 0. The van der Waals surface area contributed by atoms with Crippen LogP contribution in [-0.4, -0.2) is 10.9 Å². The third-order valence-electron chi connectivity index (χ3n) is 2.20. The van der Waals surface area contributed by atoms with E-state index in [0.29, 0.717) is 11.1 Å². The Balaban J connectivity index is 2.23. The summed E-state index contributed by atoms with van der Waals surface area (Å²) in [6, 6.07) is 14.0. The summed E-state index contributed by atoms with van der Waals surface area (Å²) in [5, 5.41) is 11.5. The second-order valence-electron chi connectivity index (χ2n) is 3.33. The zero-order valence-electron chi connectivity index (χ0n) is 8.92. The lowest BCUT2D eigenvalue weighted by Crippen LogP contribution is -2.13. The van der Waals surface area contributed by atoms with Gasteiger partial charge in [-0.05, 0) is 24.3 Å². The summed E-state index contributed by atoms with van der Waals surface area (Å²) in [4.78, 5) is 15.8. The van der Waals surface area contributed by atoms with Gasteiger partial charge in [-0.25, -0.2) is 4.98 Å². The molecule has 0 saturated heterocycles. The van der Waals surface area contributed by atoms with Crippen LogP contribution < -0.4 is 5.32 Å². The summed E-state index contributed by atoms with van der Waals surface area (Å²) in [5.41, 5.74) is 0.874. The molecule has 1 amide bonds. The molecule has 0 bridgehead atoms. The van der Waals surface area contributed by atoms with E-state index >= 15 is 0 Å². The van der Waals surface area contributed by atoms with Gasteiger partial charge in [0.1, 0.15) is 6.07 Å². The number of hydrogen-bond donors (Lipinski definition) is 1. The minimum Gasteiger partial charge on any atom is -0.305 e. The SMILES string of the molecule is N#Cc1cccnc1NC(=O)c1ccccc1. The third-order valence-corrected chi connectivity index (χ3v) is 2.20. The molecule has 2 aromatic rings. The Hall–Kier alpha value is -2.67. The van der Waals surface area contributed by atoms with Crippen molar-refractivity contribution < 1.29 is 4.79 Å². The summed E-state index contributed by atoms with van der Waals surface area (Å²) in [6.07, 6.45) is 1.53. The van der Waals surface area contributed by atoms with Crippen LogP contribution in [-0.2, 0) is 0 Å². The van der Waals surface area contributed by atoms with Crippen LogP contribution in [0.1, 0.15) is 15.9 Å². The van der Waals surface area contributed by atoms with Gasteiger partial charge in [-0.15, -0.1) is 0 Å². The van der Waals surface area contributed by atoms with Crippen molar-refractivity contribution in [2.24, 2.45) is 0 Å². The van der Waals surface area contributed by atoms with Gasteiger partial charge in [0.25, 0.3) is 5.91 Å². The zero-order valence-corrected chi connectivity index (χ0v) is 8.92. The number of carbonyl (C=O) groups excluding carboxylic acids is 1. The van der Waals surface area contributed by atoms with Gasteiger partial charge in [0.05, 0.1) is 5.56 Å². The molecule has 4 heteroatoms. The van der Waals surface area contributed by atoms with Crippen LogP contribution >= 0.6 is 0 Å². The predicted octanol–water partition coefficient (Wildman–Crippen LogP) is 2.21. The van der Waals surface area contributed by atoms with Crippen molar-refractivity contribution >= 4 is 11.7 Å². The molecule has 1 aromatic carbocycles. The molecule has 0 fully saturated rings. The molecule has 4 nitrogen and oxygen atoms in total. The van der Waals surface area contributed by atoms with Crippen molar-refractivity contribution in [1.82, 2.24) is 4.98 Å². The number of nitrogens with zero attached hydrogens (tertiary/aromatic N) is 2. The fourth-order valence-corrected chi connectivity index (χ4v) is 1.36. The van der Waals surface area contributed by atoms with Crippen molar-refractivity contribution in [2.45, 2.75) is 0 Å². The van der Waals surface area contributed by atoms with Gasteiger partial charge in [0.2, 0.25) is 0 Å². The van der Waals surface area contributed by atoms with Crippen LogP contribution in [0.3, 0.4) is 0 Å². The Bertz CT molecular complexity index is 573.